The molecule has 1 aliphatic rings. The lowest BCUT2D eigenvalue weighted by atomic mass is 10.1. The van der Waals surface area contributed by atoms with Crippen molar-refractivity contribution < 1.29 is 13.9 Å². The molecule has 0 atom stereocenters. The Morgan fingerprint density at radius 2 is 1.95 bits per heavy atom. The maximum Gasteiger partial charge on any atom is 0.415 e. The molecule has 4 rings (SSSR count). The summed E-state index contributed by atoms with van der Waals surface area (Å²) in [6, 6.07) is 11.2. The lowest BCUT2D eigenvalue weighted by Crippen LogP contribution is -2.50. The fourth-order valence-corrected chi connectivity index (χ4v) is 4.38. The summed E-state index contributed by atoms with van der Waals surface area (Å²) < 4.78 is 19.9. The normalized spacial score (nSPS) is 15.2. The summed E-state index contributed by atoms with van der Waals surface area (Å²) in [6.45, 7) is 4.84. The van der Waals surface area contributed by atoms with E-state index < -0.39 is 5.82 Å². The summed E-state index contributed by atoms with van der Waals surface area (Å²) >= 11 is 5.99. The number of rotatable bonds is 8. The number of likely N-dealkylation sites (N-methyl/N-ethyl adjacent to an activating group) is 1. The second kappa shape index (κ2) is 12.8. The van der Waals surface area contributed by atoms with Gasteiger partial charge in [0.1, 0.15) is 11.6 Å². The summed E-state index contributed by atoms with van der Waals surface area (Å²) in [6.07, 6.45) is 4.11. The van der Waals surface area contributed by atoms with E-state index in [0.717, 1.165) is 31.6 Å². The molecule has 39 heavy (non-hydrogen) atoms. The molecule has 0 radical (unpaired) electrons. The molecule has 2 aromatic carbocycles. The molecule has 1 saturated heterocycles. The maximum atomic E-state index is 14.2. The molecule has 5 N–H and O–H groups in total. The molecule has 9 nitrogen and oxygen atoms in total. The number of aromatic nitrogens is 1. The van der Waals surface area contributed by atoms with Crippen LogP contribution in [-0.4, -0.2) is 79.1 Å². The van der Waals surface area contributed by atoms with Crippen LogP contribution >= 0.6 is 11.6 Å². The van der Waals surface area contributed by atoms with Crippen molar-refractivity contribution in [3.05, 3.63) is 83.0 Å². The SMILES string of the molecule is CN(C)CCN1CCN(C(=O)Oc2ccc3c(NC(/C=C(\N)c4cc(Cl)ccc4F)=C/N)ccnc3c2)CC1. The molecule has 0 aliphatic carbocycles. The van der Waals surface area contributed by atoms with Crippen molar-refractivity contribution in [2.75, 3.05) is 58.7 Å². The van der Waals surface area contributed by atoms with Gasteiger partial charge in [-0.05, 0) is 56.6 Å². The first-order valence-electron chi connectivity index (χ1n) is 12.6. The molecule has 1 amide bonds. The molecule has 0 bridgehead atoms. The number of anilines is 1. The number of hydrogen-bond donors (Lipinski definition) is 3. The number of pyridine rings is 1. The molecule has 1 aliphatic heterocycles. The average molecular weight is 554 g/mol. The molecule has 0 saturated carbocycles. The highest BCUT2D eigenvalue weighted by atomic mass is 35.5. The van der Waals surface area contributed by atoms with E-state index in [2.05, 4.69) is 34.2 Å². The van der Waals surface area contributed by atoms with Crippen LogP contribution in [-0.2, 0) is 0 Å². The molecule has 3 aromatic rings. The highest BCUT2D eigenvalue weighted by Crippen LogP contribution is 2.28. The molecule has 1 fully saturated rings. The second-order valence-corrected chi connectivity index (χ2v) is 9.94. The van der Waals surface area contributed by atoms with Gasteiger partial charge in [0.25, 0.3) is 0 Å². The van der Waals surface area contributed by atoms with E-state index in [4.69, 9.17) is 27.8 Å². The van der Waals surface area contributed by atoms with Gasteiger partial charge in [-0.3, -0.25) is 9.88 Å². The minimum atomic E-state index is -0.493. The number of carbonyl (C=O) groups is 1. The smallest absolute Gasteiger partial charge is 0.410 e. The number of fused-ring (bicyclic) bond motifs is 1. The predicted octanol–water partition coefficient (Wildman–Crippen LogP) is 3.92. The number of nitrogens with zero attached hydrogens (tertiary/aromatic N) is 4. The minimum Gasteiger partial charge on any atom is -0.410 e. The van der Waals surface area contributed by atoms with Gasteiger partial charge in [0.2, 0.25) is 0 Å². The van der Waals surface area contributed by atoms with E-state index in [1.54, 1.807) is 29.3 Å². The molecule has 206 valence electrons. The van der Waals surface area contributed by atoms with Gasteiger partial charge < -0.3 is 31.3 Å². The second-order valence-electron chi connectivity index (χ2n) is 9.51. The van der Waals surface area contributed by atoms with Crippen LogP contribution in [0.2, 0.25) is 5.02 Å². The fraction of sp³-hybridized carbons (Fsp3) is 0.286. The van der Waals surface area contributed by atoms with Crippen LogP contribution in [0.1, 0.15) is 5.56 Å². The van der Waals surface area contributed by atoms with E-state index in [1.807, 2.05) is 6.07 Å². The van der Waals surface area contributed by atoms with Crippen molar-refractivity contribution in [1.29, 1.82) is 0 Å². The Hall–Kier alpha value is -3.86. The van der Waals surface area contributed by atoms with Crippen molar-refractivity contribution in [1.82, 2.24) is 19.7 Å². The summed E-state index contributed by atoms with van der Waals surface area (Å²) in [4.78, 5) is 23.4. The number of carbonyl (C=O) groups excluding carboxylic acids is 1. The number of amides is 1. The molecule has 0 unspecified atom stereocenters. The Balaban J connectivity index is 1.43. The number of nitrogens with one attached hydrogen (secondary N) is 1. The third-order valence-corrected chi connectivity index (χ3v) is 6.66. The topological polar surface area (TPSA) is 113 Å². The van der Waals surface area contributed by atoms with Gasteiger partial charge in [-0.2, -0.15) is 0 Å². The Bertz CT molecular complexity index is 1390. The number of ether oxygens (including phenoxy) is 1. The van der Waals surface area contributed by atoms with Gasteiger partial charge in [0.05, 0.1) is 11.2 Å². The molecule has 11 heteroatoms. The average Bonchev–Trinajstić information content (AvgIpc) is 2.93. The Labute approximate surface area is 232 Å². The number of benzene rings is 2. The standard InChI is InChI=1S/C28H33ClFN7O2/c1-35(2)9-10-36-11-13-37(14-12-36)28(38)39-21-4-5-22-26(7-8-33-27(22)17-21)34-20(18-31)16-25(32)23-15-19(29)3-6-24(23)30/h3-8,15-18H,9-14,31-32H2,1-2H3,(H,33,34)/b20-18+,25-16-. The van der Waals surface area contributed by atoms with Crippen LogP contribution in [0, 0.1) is 5.82 Å². The fourth-order valence-electron chi connectivity index (χ4n) is 4.21. The third-order valence-electron chi connectivity index (χ3n) is 6.42. The van der Waals surface area contributed by atoms with Crippen molar-refractivity contribution >= 4 is 40.0 Å². The summed E-state index contributed by atoms with van der Waals surface area (Å²) in [5.74, 6) is -0.0884. The zero-order valence-corrected chi connectivity index (χ0v) is 22.8. The number of hydrogen-bond acceptors (Lipinski definition) is 8. The Kier molecular flexibility index (Phi) is 9.23. The molecular weight excluding hydrogens is 521 g/mol. The van der Waals surface area contributed by atoms with Gasteiger partial charge >= 0.3 is 6.09 Å². The van der Waals surface area contributed by atoms with Crippen molar-refractivity contribution in [2.45, 2.75) is 0 Å². The number of piperazine rings is 1. The zero-order chi connectivity index (χ0) is 27.9. The predicted molar refractivity (Wildman–Crippen MR) is 154 cm³/mol. The number of allylic oxidation sites excluding steroid dienone is 1. The zero-order valence-electron chi connectivity index (χ0n) is 22.0. The summed E-state index contributed by atoms with van der Waals surface area (Å²) in [7, 11) is 4.10. The van der Waals surface area contributed by atoms with Crippen LogP contribution in [0.4, 0.5) is 14.9 Å². The Morgan fingerprint density at radius 3 is 2.67 bits per heavy atom. The lowest BCUT2D eigenvalue weighted by molar-refractivity contribution is 0.107. The van der Waals surface area contributed by atoms with Crippen molar-refractivity contribution in [3.63, 3.8) is 0 Å². The van der Waals surface area contributed by atoms with E-state index in [0.29, 0.717) is 40.8 Å². The number of halogens is 2. The van der Waals surface area contributed by atoms with Crippen LogP contribution in [0.3, 0.4) is 0 Å². The molecule has 0 spiro atoms. The maximum absolute atomic E-state index is 14.2. The van der Waals surface area contributed by atoms with E-state index >= 15 is 0 Å². The van der Waals surface area contributed by atoms with Crippen molar-refractivity contribution in [3.8, 4) is 5.75 Å². The van der Waals surface area contributed by atoms with Gasteiger partial charge in [-0.25, -0.2) is 9.18 Å². The van der Waals surface area contributed by atoms with Crippen LogP contribution in [0.15, 0.2) is 66.6 Å². The van der Waals surface area contributed by atoms with Gasteiger partial charge in [-0.15, -0.1) is 0 Å². The highest BCUT2D eigenvalue weighted by Gasteiger charge is 2.22. The first kappa shape index (κ1) is 28.2. The molecule has 1 aromatic heterocycles. The van der Waals surface area contributed by atoms with Gasteiger partial charge in [0.15, 0.2) is 0 Å². The van der Waals surface area contributed by atoms with Crippen LogP contribution < -0.4 is 21.5 Å². The first-order valence-corrected chi connectivity index (χ1v) is 13.0. The highest BCUT2D eigenvalue weighted by molar-refractivity contribution is 6.30. The largest absolute Gasteiger partial charge is 0.415 e. The first-order chi connectivity index (χ1) is 18.7. The minimum absolute atomic E-state index is 0.158. The molecule has 2 heterocycles. The van der Waals surface area contributed by atoms with Crippen molar-refractivity contribution in [2.24, 2.45) is 11.5 Å². The Morgan fingerprint density at radius 1 is 1.18 bits per heavy atom. The van der Waals surface area contributed by atoms with Crippen LogP contribution in [0.5, 0.6) is 5.75 Å². The van der Waals surface area contributed by atoms with E-state index in [9.17, 15) is 9.18 Å². The van der Waals surface area contributed by atoms with E-state index in [1.165, 1.54) is 30.5 Å². The summed E-state index contributed by atoms with van der Waals surface area (Å²) in [5, 5.41) is 4.34. The quantitative estimate of drug-likeness (QED) is 0.360. The van der Waals surface area contributed by atoms with E-state index in [-0.39, 0.29) is 17.4 Å². The molecular formula is C28H33ClFN7O2. The van der Waals surface area contributed by atoms with Crippen LogP contribution in [0.25, 0.3) is 16.6 Å². The third kappa shape index (κ3) is 7.38. The summed E-state index contributed by atoms with van der Waals surface area (Å²) in [5.41, 5.74) is 14.0. The van der Waals surface area contributed by atoms with Gasteiger partial charge in [0, 0.05) is 85.1 Å². The monoisotopic (exact) mass is 553 g/mol. The number of nitrogens with two attached hydrogens (primary N) is 2. The lowest BCUT2D eigenvalue weighted by Gasteiger charge is -2.34. The van der Waals surface area contributed by atoms with Gasteiger partial charge in [-0.1, -0.05) is 11.6 Å².